The maximum absolute atomic E-state index is 9.64. The van der Waals surface area contributed by atoms with Crippen molar-refractivity contribution in [2.75, 3.05) is 19.6 Å². The van der Waals surface area contributed by atoms with Crippen molar-refractivity contribution in [2.24, 2.45) is 23.2 Å². The number of nitrogens with one attached hydrogen (secondary N) is 2. The molecule has 0 saturated heterocycles. The molecule has 4 atom stereocenters. The summed E-state index contributed by atoms with van der Waals surface area (Å²) in [7, 11) is 0. The van der Waals surface area contributed by atoms with Crippen LogP contribution < -0.4 is 4.90 Å². The van der Waals surface area contributed by atoms with Crippen molar-refractivity contribution >= 4 is 5.71 Å². The molecular weight excluding hydrogens is 274 g/mol. The highest BCUT2D eigenvalue weighted by Crippen LogP contribution is 2.48. The number of fused-ring (bicyclic) bond motifs is 1. The maximum Gasteiger partial charge on any atom is 0.185 e. The summed E-state index contributed by atoms with van der Waals surface area (Å²) in [6.07, 6.45) is 3.84. The summed E-state index contributed by atoms with van der Waals surface area (Å²) in [6.45, 7) is 6.90. The van der Waals surface area contributed by atoms with E-state index in [-0.39, 0.29) is 17.5 Å². The molecule has 2 rings (SSSR count). The van der Waals surface area contributed by atoms with E-state index in [1.54, 1.807) is 0 Å². The molecule has 0 aromatic carbocycles. The van der Waals surface area contributed by atoms with Crippen molar-refractivity contribution in [3.8, 4) is 18.2 Å². The number of nitriles is 3. The molecule has 1 saturated carbocycles. The van der Waals surface area contributed by atoms with Crippen LogP contribution in [0.15, 0.2) is 11.6 Å². The molecule has 0 spiro atoms. The molecule has 114 valence electrons. The number of rotatable bonds is 3. The Morgan fingerprint density at radius 1 is 1.32 bits per heavy atom. The van der Waals surface area contributed by atoms with Crippen LogP contribution in [0, 0.1) is 62.6 Å². The predicted molar refractivity (Wildman–Crippen MR) is 81.7 cm³/mol. The molecule has 1 heterocycles. The van der Waals surface area contributed by atoms with E-state index in [0.29, 0.717) is 6.42 Å². The highest BCUT2D eigenvalue weighted by Gasteiger charge is 2.57. The first-order valence-corrected chi connectivity index (χ1v) is 7.94. The summed E-state index contributed by atoms with van der Waals surface area (Å²) in [5, 5.41) is 37.1. The van der Waals surface area contributed by atoms with Gasteiger partial charge in [0.2, 0.25) is 0 Å². The third-order valence-electron chi connectivity index (χ3n) is 5.18. The van der Waals surface area contributed by atoms with Crippen LogP contribution in [0.5, 0.6) is 0 Å². The van der Waals surface area contributed by atoms with E-state index in [1.807, 2.05) is 6.92 Å². The first kappa shape index (κ1) is 16.2. The normalized spacial score (nSPS) is 32.9. The minimum atomic E-state index is -1.45. The van der Waals surface area contributed by atoms with Crippen molar-refractivity contribution in [1.29, 1.82) is 21.2 Å². The molecule has 22 heavy (non-hydrogen) atoms. The second-order valence-electron chi connectivity index (χ2n) is 6.24. The van der Waals surface area contributed by atoms with Crippen molar-refractivity contribution in [2.45, 2.75) is 26.7 Å². The molecule has 0 aromatic rings. The van der Waals surface area contributed by atoms with Crippen LogP contribution >= 0.6 is 0 Å². The second kappa shape index (κ2) is 6.30. The predicted octanol–water partition coefficient (Wildman–Crippen LogP) is 1.07. The van der Waals surface area contributed by atoms with Gasteiger partial charge >= 0.3 is 0 Å². The minimum absolute atomic E-state index is 0.0201. The smallest absolute Gasteiger partial charge is 0.185 e. The van der Waals surface area contributed by atoms with E-state index in [4.69, 9.17) is 5.41 Å². The number of hydrogen-bond donors (Lipinski definition) is 2. The zero-order chi connectivity index (χ0) is 16.3. The standard InChI is InChI=1S/C17H21N5/c1-3-6-22-7-5-12-13(8-18)16(21)17(10-19,11-20)15(4-2)14(12)9-22/h5,13-15,21H,3-4,6-7,9H2,1-2H3/p+1/t13?,14-,15-/m0/s1. The highest BCUT2D eigenvalue weighted by atomic mass is 15.1. The Kier molecular flexibility index (Phi) is 4.65. The van der Waals surface area contributed by atoms with Gasteiger partial charge in [0.1, 0.15) is 5.92 Å². The van der Waals surface area contributed by atoms with Gasteiger partial charge < -0.3 is 10.3 Å². The molecule has 0 amide bonds. The molecule has 2 aliphatic rings. The van der Waals surface area contributed by atoms with E-state index in [2.05, 4.69) is 31.2 Å². The Balaban J connectivity index is 2.52. The molecular formula is C17H22N5+. The number of hydrogen-bond acceptors (Lipinski definition) is 4. The van der Waals surface area contributed by atoms with E-state index in [0.717, 1.165) is 31.6 Å². The van der Waals surface area contributed by atoms with Crippen molar-refractivity contribution in [1.82, 2.24) is 0 Å². The zero-order valence-electron chi connectivity index (χ0n) is 13.2. The summed E-state index contributed by atoms with van der Waals surface area (Å²) in [6, 6.07) is 6.34. The molecule has 2 N–H and O–H groups in total. The Morgan fingerprint density at radius 3 is 2.50 bits per heavy atom. The Bertz CT molecular complexity index is 598. The summed E-state index contributed by atoms with van der Waals surface area (Å²) in [5.41, 5.74) is -0.500. The second-order valence-corrected chi connectivity index (χ2v) is 6.24. The largest absolute Gasteiger partial charge is 0.331 e. The monoisotopic (exact) mass is 296 g/mol. The van der Waals surface area contributed by atoms with Gasteiger partial charge in [-0.1, -0.05) is 13.8 Å². The summed E-state index contributed by atoms with van der Waals surface area (Å²) < 4.78 is 0. The lowest BCUT2D eigenvalue weighted by atomic mass is 9.55. The van der Waals surface area contributed by atoms with E-state index in [1.165, 1.54) is 4.90 Å². The van der Waals surface area contributed by atoms with Crippen molar-refractivity contribution in [3.63, 3.8) is 0 Å². The molecule has 5 heteroatoms. The first-order chi connectivity index (χ1) is 10.6. The summed E-state index contributed by atoms with van der Waals surface area (Å²) in [5.74, 6) is -0.855. The van der Waals surface area contributed by atoms with Gasteiger partial charge in [0.25, 0.3) is 0 Å². The summed E-state index contributed by atoms with van der Waals surface area (Å²) >= 11 is 0. The van der Waals surface area contributed by atoms with E-state index >= 15 is 0 Å². The molecule has 0 radical (unpaired) electrons. The highest BCUT2D eigenvalue weighted by molar-refractivity contribution is 5.99. The molecule has 0 aromatic heterocycles. The van der Waals surface area contributed by atoms with Crippen molar-refractivity contribution in [3.05, 3.63) is 11.6 Å². The third kappa shape index (κ3) is 2.21. The molecule has 5 nitrogen and oxygen atoms in total. The Morgan fingerprint density at radius 2 is 2.00 bits per heavy atom. The van der Waals surface area contributed by atoms with Gasteiger partial charge in [-0.3, -0.25) is 0 Å². The molecule has 0 bridgehead atoms. The topological polar surface area (TPSA) is 99.7 Å². The minimum Gasteiger partial charge on any atom is -0.331 e. The van der Waals surface area contributed by atoms with Crippen LogP contribution in [-0.2, 0) is 0 Å². The molecule has 2 unspecified atom stereocenters. The average molecular weight is 296 g/mol. The molecule has 1 fully saturated rings. The van der Waals surface area contributed by atoms with Gasteiger partial charge in [0.15, 0.2) is 5.41 Å². The fraction of sp³-hybridized carbons (Fsp3) is 0.647. The maximum atomic E-state index is 9.64. The van der Waals surface area contributed by atoms with Gasteiger partial charge in [-0.15, -0.1) is 0 Å². The molecule has 1 aliphatic heterocycles. The van der Waals surface area contributed by atoms with Gasteiger partial charge in [-0.05, 0) is 24.5 Å². The lowest BCUT2D eigenvalue weighted by Gasteiger charge is -2.46. The van der Waals surface area contributed by atoms with E-state index < -0.39 is 11.3 Å². The Labute approximate surface area is 131 Å². The first-order valence-electron chi connectivity index (χ1n) is 7.94. The van der Waals surface area contributed by atoms with Crippen LogP contribution in [0.25, 0.3) is 0 Å². The fourth-order valence-corrected chi connectivity index (χ4v) is 4.13. The number of nitrogens with zero attached hydrogens (tertiary/aromatic N) is 3. The van der Waals surface area contributed by atoms with Gasteiger partial charge in [-0.2, -0.15) is 15.8 Å². The van der Waals surface area contributed by atoms with Crippen LogP contribution in [0.3, 0.4) is 0 Å². The lowest BCUT2D eigenvalue weighted by Crippen LogP contribution is -3.13. The quantitative estimate of drug-likeness (QED) is 0.762. The van der Waals surface area contributed by atoms with Crippen LogP contribution in [-0.4, -0.2) is 25.3 Å². The van der Waals surface area contributed by atoms with Gasteiger partial charge in [0, 0.05) is 11.8 Å². The third-order valence-corrected chi connectivity index (χ3v) is 5.18. The van der Waals surface area contributed by atoms with Gasteiger partial charge in [0.05, 0.1) is 43.6 Å². The Hall–Kier alpha value is -2.16. The van der Waals surface area contributed by atoms with E-state index in [9.17, 15) is 15.8 Å². The lowest BCUT2D eigenvalue weighted by molar-refractivity contribution is -0.899. The van der Waals surface area contributed by atoms with Crippen LogP contribution in [0.4, 0.5) is 0 Å². The average Bonchev–Trinajstić information content (AvgIpc) is 2.54. The van der Waals surface area contributed by atoms with Crippen molar-refractivity contribution < 1.29 is 4.90 Å². The molecule has 1 aliphatic carbocycles. The number of quaternary nitrogens is 1. The van der Waals surface area contributed by atoms with Crippen LogP contribution in [0.2, 0.25) is 0 Å². The zero-order valence-corrected chi connectivity index (χ0v) is 13.2. The van der Waals surface area contributed by atoms with Gasteiger partial charge in [-0.25, -0.2) is 0 Å². The van der Waals surface area contributed by atoms with Crippen LogP contribution in [0.1, 0.15) is 26.7 Å². The SMILES string of the molecule is CCC[NH+]1CC=C2C(C#N)C(=N)C(C#N)(C#N)[C@@H](CC)[C@H]2C1. The fourth-order valence-electron chi connectivity index (χ4n) is 4.13. The summed E-state index contributed by atoms with van der Waals surface area (Å²) in [4.78, 5) is 1.43.